The van der Waals surface area contributed by atoms with Crippen LogP contribution in [-0.4, -0.2) is 18.7 Å². The standard InChI is InChI=1S/C56H34N4/c1-2-15-37(16-3-1)58-47-24-10-5-17-38(47)41-33-35(29-31-49(41)58)36-30-32-50-42(34-36)39-18-6-11-25-48(39)59(50)53-28-14-22-45-54(53)40-19-4-7-20-43(40)56(45)44-21-8-12-26-51(44)60-52-27-13-9-23-46(52)57-55(56)60/h1-34H. The molecule has 4 heterocycles. The van der Waals surface area contributed by atoms with Crippen LogP contribution in [0.5, 0.6) is 0 Å². The minimum absolute atomic E-state index is 0.564. The van der Waals surface area contributed by atoms with Gasteiger partial charge < -0.3 is 9.13 Å². The Morgan fingerprint density at radius 1 is 0.350 bits per heavy atom. The van der Waals surface area contributed by atoms with Gasteiger partial charge in [0.05, 0.1) is 44.5 Å². The first-order valence-corrected chi connectivity index (χ1v) is 20.7. The average Bonchev–Trinajstić information content (AvgIpc) is 4.09. The quantitative estimate of drug-likeness (QED) is 0.176. The van der Waals surface area contributed by atoms with E-state index < -0.39 is 5.41 Å². The second-order valence-electron chi connectivity index (χ2n) is 16.3. The molecule has 0 amide bonds. The number of hydrogen-bond donors (Lipinski definition) is 0. The van der Waals surface area contributed by atoms with E-state index in [1.54, 1.807) is 0 Å². The molecule has 278 valence electrons. The van der Waals surface area contributed by atoms with E-state index in [9.17, 15) is 0 Å². The number of imidazole rings is 1. The van der Waals surface area contributed by atoms with Gasteiger partial charge >= 0.3 is 0 Å². The lowest BCUT2D eigenvalue weighted by Gasteiger charge is -2.27. The maximum Gasteiger partial charge on any atom is 0.134 e. The Kier molecular flexibility index (Phi) is 6.19. The lowest BCUT2D eigenvalue weighted by molar-refractivity contribution is 0.737. The molecule has 1 aliphatic heterocycles. The van der Waals surface area contributed by atoms with Crippen molar-refractivity contribution in [1.82, 2.24) is 18.7 Å². The highest BCUT2D eigenvalue weighted by Crippen LogP contribution is 2.61. The van der Waals surface area contributed by atoms with Gasteiger partial charge in [0.1, 0.15) is 11.2 Å². The fraction of sp³-hybridized carbons (Fsp3) is 0.0179. The second-order valence-corrected chi connectivity index (χ2v) is 16.3. The Hall–Kier alpha value is -7.95. The molecular formula is C56H34N4. The SMILES string of the molecule is c1ccc(-n2c3ccccc3c3cc(-c4ccc5c(c4)c4ccccc4n5-c4cccc5c4-c4ccccc4C54c5ccccc5-n5c4nc4ccccc45)ccc32)cc1. The highest BCUT2D eigenvalue weighted by Gasteiger charge is 2.54. The molecule has 1 unspecified atom stereocenters. The topological polar surface area (TPSA) is 27.7 Å². The fourth-order valence-electron chi connectivity index (χ4n) is 11.1. The lowest BCUT2D eigenvalue weighted by Crippen LogP contribution is -2.27. The summed E-state index contributed by atoms with van der Waals surface area (Å²) in [4.78, 5) is 5.48. The van der Waals surface area contributed by atoms with Crippen molar-refractivity contribution in [2.45, 2.75) is 5.41 Å². The summed E-state index contributed by atoms with van der Waals surface area (Å²) in [7, 11) is 0. The number of aromatic nitrogens is 4. The zero-order valence-corrected chi connectivity index (χ0v) is 32.4. The van der Waals surface area contributed by atoms with E-state index in [0.29, 0.717) is 0 Å². The van der Waals surface area contributed by atoms with Gasteiger partial charge in [0.25, 0.3) is 0 Å². The van der Waals surface area contributed by atoms with E-state index in [-0.39, 0.29) is 0 Å². The van der Waals surface area contributed by atoms with Crippen molar-refractivity contribution in [3.8, 4) is 39.3 Å². The van der Waals surface area contributed by atoms with Gasteiger partial charge in [-0.2, -0.15) is 0 Å². The van der Waals surface area contributed by atoms with Crippen LogP contribution in [0.2, 0.25) is 0 Å². The summed E-state index contributed by atoms with van der Waals surface area (Å²) >= 11 is 0. The Balaban J connectivity index is 1.00. The third-order valence-electron chi connectivity index (χ3n) is 13.4. The minimum atomic E-state index is -0.564. The molecule has 2 aliphatic rings. The molecule has 3 aromatic heterocycles. The molecule has 1 aliphatic carbocycles. The molecule has 0 saturated carbocycles. The molecule has 12 aromatic rings. The van der Waals surface area contributed by atoms with Crippen molar-refractivity contribution >= 4 is 54.6 Å². The van der Waals surface area contributed by atoms with Gasteiger partial charge in [-0.3, -0.25) is 4.57 Å². The first-order valence-electron chi connectivity index (χ1n) is 20.7. The van der Waals surface area contributed by atoms with E-state index in [1.165, 1.54) is 99.6 Å². The molecule has 4 heteroatoms. The van der Waals surface area contributed by atoms with Crippen LogP contribution in [-0.2, 0) is 5.41 Å². The molecule has 9 aromatic carbocycles. The van der Waals surface area contributed by atoms with E-state index in [0.717, 1.165) is 16.9 Å². The third kappa shape index (κ3) is 3.93. The van der Waals surface area contributed by atoms with Crippen LogP contribution in [0, 0.1) is 0 Å². The van der Waals surface area contributed by atoms with Gasteiger partial charge in [-0.15, -0.1) is 0 Å². The first kappa shape index (κ1) is 32.1. The second kappa shape index (κ2) is 11.6. The molecule has 0 bridgehead atoms. The highest BCUT2D eigenvalue weighted by atomic mass is 15.1. The lowest BCUT2D eigenvalue weighted by atomic mass is 9.73. The summed E-state index contributed by atoms with van der Waals surface area (Å²) in [6.07, 6.45) is 0. The summed E-state index contributed by atoms with van der Waals surface area (Å²) in [5.41, 5.74) is 18.7. The van der Waals surface area contributed by atoms with Crippen molar-refractivity contribution < 1.29 is 0 Å². The number of hydrogen-bond acceptors (Lipinski definition) is 1. The van der Waals surface area contributed by atoms with Crippen molar-refractivity contribution in [2.24, 2.45) is 0 Å². The predicted octanol–water partition coefficient (Wildman–Crippen LogP) is 13.6. The largest absolute Gasteiger partial charge is 0.309 e. The summed E-state index contributed by atoms with van der Waals surface area (Å²) in [5, 5.41) is 4.99. The highest BCUT2D eigenvalue weighted by molar-refractivity contribution is 6.13. The molecule has 1 atom stereocenters. The van der Waals surface area contributed by atoms with E-state index in [2.05, 4.69) is 220 Å². The molecule has 14 rings (SSSR count). The molecule has 0 fully saturated rings. The van der Waals surface area contributed by atoms with Gasteiger partial charge in [0.15, 0.2) is 0 Å². The van der Waals surface area contributed by atoms with Crippen LogP contribution in [0.4, 0.5) is 0 Å². The van der Waals surface area contributed by atoms with Gasteiger partial charge in [-0.1, -0.05) is 133 Å². The minimum Gasteiger partial charge on any atom is -0.309 e. The van der Waals surface area contributed by atoms with Crippen LogP contribution >= 0.6 is 0 Å². The van der Waals surface area contributed by atoms with Crippen molar-refractivity contribution in [3.63, 3.8) is 0 Å². The average molecular weight is 763 g/mol. The summed E-state index contributed by atoms with van der Waals surface area (Å²) in [6.45, 7) is 0. The normalized spacial score (nSPS) is 15.1. The van der Waals surface area contributed by atoms with Gasteiger partial charge in [-0.25, -0.2) is 4.98 Å². The van der Waals surface area contributed by atoms with Crippen molar-refractivity contribution in [1.29, 1.82) is 0 Å². The van der Waals surface area contributed by atoms with Gasteiger partial charge in [-0.05, 0) is 106 Å². The first-order chi connectivity index (χ1) is 29.8. The van der Waals surface area contributed by atoms with Crippen LogP contribution in [0.15, 0.2) is 206 Å². The number of para-hydroxylation sites is 6. The van der Waals surface area contributed by atoms with Crippen molar-refractivity contribution in [2.75, 3.05) is 0 Å². The number of benzene rings is 9. The smallest absolute Gasteiger partial charge is 0.134 e. The Bertz CT molecular complexity index is 3790. The maximum atomic E-state index is 5.48. The molecule has 0 radical (unpaired) electrons. The third-order valence-corrected chi connectivity index (χ3v) is 13.4. The fourth-order valence-corrected chi connectivity index (χ4v) is 11.1. The monoisotopic (exact) mass is 762 g/mol. The van der Waals surface area contributed by atoms with Crippen LogP contribution in [0.1, 0.15) is 22.5 Å². The molecule has 0 N–H and O–H groups in total. The van der Waals surface area contributed by atoms with E-state index in [4.69, 9.17) is 4.98 Å². The summed E-state index contributed by atoms with van der Waals surface area (Å²) in [6, 6.07) is 75.8. The van der Waals surface area contributed by atoms with E-state index >= 15 is 0 Å². The van der Waals surface area contributed by atoms with Gasteiger partial charge in [0, 0.05) is 32.8 Å². The van der Waals surface area contributed by atoms with Crippen LogP contribution in [0.25, 0.3) is 94.0 Å². The molecule has 0 saturated heterocycles. The Morgan fingerprint density at radius 3 is 1.67 bits per heavy atom. The maximum absolute atomic E-state index is 5.48. The number of nitrogens with zero attached hydrogens (tertiary/aromatic N) is 4. The molecule has 1 spiro atoms. The number of fused-ring (bicyclic) bond motifs is 18. The van der Waals surface area contributed by atoms with Crippen LogP contribution < -0.4 is 0 Å². The molecule has 60 heavy (non-hydrogen) atoms. The van der Waals surface area contributed by atoms with Gasteiger partial charge in [0.2, 0.25) is 0 Å². The zero-order chi connectivity index (χ0) is 39.1. The summed E-state index contributed by atoms with van der Waals surface area (Å²) in [5.74, 6) is 1.06. The predicted molar refractivity (Wildman–Crippen MR) is 246 cm³/mol. The van der Waals surface area contributed by atoms with Crippen molar-refractivity contribution in [3.05, 3.63) is 229 Å². The summed E-state index contributed by atoms with van der Waals surface area (Å²) < 4.78 is 7.29. The number of rotatable bonds is 3. The Morgan fingerprint density at radius 2 is 0.900 bits per heavy atom. The molecular weight excluding hydrogens is 729 g/mol. The Labute approximate surface area is 345 Å². The zero-order valence-electron chi connectivity index (χ0n) is 32.4. The van der Waals surface area contributed by atoms with Crippen LogP contribution in [0.3, 0.4) is 0 Å². The van der Waals surface area contributed by atoms with E-state index in [1.807, 2.05) is 0 Å². The molecule has 4 nitrogen and oxygen atoms in total.